The lowest BCUT2D eigenvalue weighted by atomic mass is 10.1. The van der Waals surface area contributed by atoms with Crippen LogP contribution in [0.3, 0.4) is 0 Å². The summed E-state index contributed by atoms with van der Waals surface area (Å²) in [5.74, 6) is 1.97. The van der Waals surface area contributed by atoms with Gasteiger partial charge in [-0.2, -0.15) is 5.10 Å². The van der Waals surface area contributed by atoms with Crippen LogP contribution in [0.4, 0.5) is 11.5 Å². The Balaban J connectivity index is 1.21. The molecule has 1 atom stereocenters. The maximum absolute atomic E-state index is 13.2. The predicted octanol–water partition coefficient (Wildman–Crippen LogP) is 1.99. The third kappa shape index (κ3) is 4.55. The molecule has 0 bridgehead atoms. The molecule has 0 radical (unpaired) electrons. The van der Waals surface area contributed by atoms with Gasteiger partial charge in [0, 0.05) is 56.6 Å². The molecule has 3 aromatic rings. The number of hydrogen-bond acceptors (Lipinski definition) is 7. The van der Waals surface area contributed by atoms with E-state index < -0.39 is 0 Å². The first-order chi connectivity index (χ1) is 16.9. The Morgan fingerprint density at radius 2 is 1.71 bits per heavy atom. The van der Waals surface area contributed by atoms with E-state index in [1.54, 1.807) is 18.3 Å². The van der Waals surface area contributed by atoms with Crippen LogP contribution in [0.1, 0.15) is 17.8 Å². The zero-order chi connectivity index (χ0) is 24.5. The number of piperazine rings is 1. The minimum Gasteiger partial charge on any atom is -0.497 e. The number of benzene rings is 1. The first kappa shape index (κ1) is 22.8. The Morgan fingerprint density at radius 3 is 2.37 bits per heavy atom. The fraction of sp³-hybridized carbons (Fsp3) is 0.400. The maximum Gasteiger partial charge on any atom is 0.228 e. The van der Waals surface area contributed by atoms with Gasteiger partial charge in [0.1, 0.15) is 17.9 Å². The Morgan fingerprint density at radius 1 is 1.00 bits per heavy atom. The van der Waals surface area contributed by atoms with Crippen LogP contribution in [0.25, 0.3) is 5.82 Å². The molecule has 0 aliphatic carbocycles. The molecule has 0 spiro atoms. The number of nitrogens with zero attached hydrogens (tertiary/aromatic N) is 7. The average molecular weight is 476 g/mol. The fourth-order valence-electron chi connectivity index (χ4n) is 4.79. The molecule has 1 unspecified atom stereocenters. The second-order valence-corrected chi connectivity index (χ2v) is 8.99. The van der Waals surface area contributed by atoms with Crippen LogP contribution in [-0.2, 0) is 9.59 Å². The van der Waals surface area contributed by atoms with Gasteiger partial charge in [0.25, 0.3) is 0 Å². The standard InChI is InChI=1S/C25H29N7O3/c1-17-12-18(2)32(28-17)23-14-22(26-16-27-23)29-8-10-30(11-9-29)25(34)19-13-24(33)31(15-19)20-4-6-21(35-3)7-5-20/h4-7,12,14,16,19H,8-11,13,15H2,1-3H3. The van der Waals surface area contributed by atoms with Crippen molar-refractivity contribution >= 4 is 23.3 Å². The van der Waals surface area contributed by atoms with Crippen molar-refractivity contribution in [2.24, 2.45) is 5.92 Å². The molecule has 5 rings (SSSR count). The van der Waals surface area contributed by atoms with Crippen molar-refractivity contribution in [2.75, 3.05) is 49.6 Å². The van der Waals surface area contributed by atoms with Crippen LogP contribution in [0.15, 0.2) is 42.7 Å². The number of carbonyl (C=O) groups excluding carboxylic acids is 2. The van der Waals surface area contributed by atoms with Gasteiger partial charge < -0.3 is 19.4 Å². The minimum absolute atomic E-state index is 0.0233. The largest absolute Gasteiger partial charge is 0.497 e. The van der Waals surface area contributed by atoms with Crippen molar-refractivity contribution in [1.29, 1.82) is 0 Å². The summed E-state index contributed by atoms with van der Waals surface area (Å²) in [4.78, 5) is 40.4. The first-order valence-electron chi connectivity index (χ1n) is 11.8. The van der Waals surface area contributed by atoms with E-state index in [1.165, 1.54) is 0 Å². The van der Waals surface area contributed by atoms with Gasteiger partial charge in [-0.1, -0.05) is 0 Å². The van der Waals surface area contributed by atoms with Crippen LogP contribution < -0.4 is 14.5 Å². The van der Waals surface area contributed by atoms with Crippen molar-refractivity contribution in [2.45, 2.75) is 20.3 Å². The predicted molar refractivity (Wildman–Crippen MR) is 131 cm³/mol. The van der Waals surface area contributed by atoms with Crippen LogP contribution in [0.5, 0.6) is 5.75 Å². The van der Waals surface area contributed by atoms with Gasteiger partial charge in [-0.3, -0.25) is 9.59 Å². The molecular weight excluding hydrogens is 446 g/mol. The number of anilines is 2. The highest BCUT2D eigenvalue weighted by Crippen LogP contribution is 2.28. The van der Waals surface area contributed by atoms with Crippen molar-refractivity contribution in [3.63, 3.8) is 0 Å². The van der Waals surface area contributed by atoms with Gasteiger partial charge >= 0.3 is 0 Å². The number of aryl methyl sites for hydroxylation is 2. The third-order valence-electron chi connectivity index (χ3n) is 6.64. The molecule has 2 fully saturated rings. The van der Waals surface area contributed by atoms with Crippen molar-refractivity contribution in [3.05, 3.63) is 54.1 Å². The lowest BCUT2D eigenvalue weighted by Crippen LogP contribution is -2.51. The van der Waals surface area contributed by atoms with E-state index >= 15 is 0 Å². The van der Waals surface area contributed by atoms with Crippen molar-refractivity contribution in [1.82, 2.24) is 24.6 Å². The van der Waals surface area contributed by atoms with Gasteiger partial charge in [0.05, 0.1) is 18.7 Å². The maximum atomic E-state index is 13.2. The van der Waals surface area contributed by atoms with Gasteiger partial charge in [0.2, 0.25) is 11.8 Å². The minimum atomic E-state index is -0.326. The Bertz CT molecular complexity index is 1230. The van der Waals surface area contributed by atoms with Crippen molar-refractivity contribution in [3.8, 4) is 11.6 Å². The summed E-state index contributed by atoms with van der Waals surface area (Å²) in [7, 11) is 1.61. The molecule has 2 aliphatic rings. The third-order valence-corrected chi connectivity index (χ3v) is 6.64. The number of aromatic nitrogens is 4. The zero-order valence-electron chi connectivity index (χ0n) is 20.2. The summed E-state index contributed by atoms with van der Waals surface area (Å²) in [6, 6.07) is 11.3. The molecule has 0 saturated carbocycles. The lowest BCUT2D eigenvalue weighted by molar-refractivity contribution is -0.136. The van der Waals surface area contributed by atoms with E-state index in [0.29, 0.717) is 32.7 Å². The quantitative estimate of drug-likeness (QED) is 0.557. The summed E-state index contributed by atoms with van der Waals surface area (Å²) < 4.78 is 7.00. The fourth-order valence-corrected chi connectivity index (χ4v) is 4.79. The number of carbonyl (C=O) groups is 2. The molecule has 35 heavy (non-hydrogen) atoms. The van der Waals surface area contributed by atoms with E-state index in [4.69, 9.17) is 4.74 Å². The number of hydrogen-bond donors (Lipinski definition) is 0. The smallest absolute Gasteiger partial charge is 0.228 e. The highest BCUT2D eigenvalue weighted by atomic mass is 16.5. The number of rotatable bonds is 5. The molecule has 182 valence electrons. The number of ether oxygens (including phenoxy) is 1. The van der Waals surface area contributed by atoms with Crippen LogP contribution in [0.2, 0.25) is 0 Å². The van der Waals surface area contributed by atoms with Gasteiger partial charge in [-0.15, -0.1) is 0 Å². The molecule has 4 heterocycles. The Hall–Kier alpha value is -3.95. The van der Waals surface area contributed by atoms with E-state index in [9.17, 15) is 9.59 Å². The highest BCUT2D eigenvalue weighted by molar-refractivity contribution is 6.00. The molecule has 10 nitrogen and oxygen atoms in total. The highest BCUT2D eigenvalue weighted by Gasteiger charge is 2.38. The monoisotopic (exact) mass is 475 g/mol. The molecule has 2 saturated heterocycles. The van der Waals surface area contributed by atoms with E-state index in [0.717, 1.165) is 34.5 Å². The average Bonchev–Trinajstić information content (AvgIpc) is 3.44. The second-order valence-electron chi connectivity index (χ2n) is 8.99. The second kappa shape index (κ2) is 9.36. The Kier molecular flexibility index (Phi) is 6.10. The number of amides is 2. The summed E-state index contributed by atoms with van der Waals surface area (Å²) >= 11 is 0. The summed E-state index contributed by atoms with van der Waals surface area (Å²) in [6.45, 7) is 6.87. The Labute approximate surface area is 204 Å². The van der Waals surface area contributed by atoms with E-state index in [2.05, 4.69) is 20.0 Å². The molecule has 2 aliphatic heterocycles. The van der Waals surface area contributed by atoms with Crippen LogP contribution in [0, 0.1) is 19.8 Å². The molecule has 1 aromatic carbocycles. The summed E-state index contributed by atoms with van der Waals surface area (Å²) in [5, 5.41) is 4.51. The lowest BCUT2D eigenvalue weighted by Gasteiger charge is -2.36. The topological polar surface area (TPSA) is 96.7 Å². The number of methoxy groups -OCH3 is 1. The van der Waals surface area contributed by atoms with Crippen molar-refractivity contribution < 1.29 is 14.3 Å². The zero-order valence-corrected chi connectivity index (χ0v) is 20.2. The van der Waals surface area contributed by atoms with E-state index in [-0.39, 0.29) is 24.2 Å². The molecule has 0 N–H and O–H groups in total. The molecular formula is C25H29N7O3. The van der Waals surface area contributed by atoms with Crippen LogP contribution >= 0.6 is 0 Å². The van der Waals surface area contributed by atoms with Gasteiger partial charge in [-0.05, 0) is 44.2 Å². The van der Waals surface area contributed by atoms with Gasteiger partial charge in [0.15, 0.2) is 5.82 Å². The SMILES string of the molecule is COc1ccc(N2CC(C(=O)N3CCN(c4cc(-n5nc(C)cc5C)ncn4)CC3)CC2=O)cc1. The van der Waals surface area contributed by atoms with Gasteiger partial charge in [-0.25, -0.2) is 14.6 Å². The summed E-state index contributed by atoms with van der Waals surface area (Å²) in [6.07, 6.45) is 1.79. The molecule has 2 amide bonds. The normalized spacial score (nSPS) is 18.3. The molecule has 10 heteroatoms. The first-order valence-corrected chi connectivity index (χ1v) is 11.8. The summed E-state index contributed by atoms with van der Waals surface area (Å²) in [5.41, 5.74) is 2.74. The molecule has 2 aromatic heterocycles. The van der Waals surface area contributed by atoms with E-state index in [1.807, 2.05) is 59.8 Å². The van der Waals surface area contributed by atoms with Crippen LogP contribution in [-0.4, -0.2) is 76.3 Å².